The molecule has 0 atom stereocenters. The van der Waals surface area contributed by atoms with Crippen LogP contribution in [0.2, 0.25) is 0 Å². The summed E-state index contributed by atoms with van der Waals surface area (Å²) >= 11 is 0. The molecule has 0 aliphatic rings. The Morgan fingerprint density at radius 1 is 0.286 bits per heavy atom. The van der Waals surface area contributed by atoms with Crippen molar-refractivity contribution in [3.63, 3.8) is 0 Å². The van der Waals surface area contributed by atoms with Gasteiger partial charge in [0.25, 0.3) is 0 Å². The molecule has 7 heteroatoms. The maximum absolute atomic E-state index is 0. The quantitative estimate of drug-likeness (QED) is 0.376. The summed E-state index contributed by atoms with van der Waals surface area (Å²) in [4.78, 5) is 0. The molecule has 0 saturated carbocycles. The second kappa shape index (κ2) is 104. The van der Waals surface area contributed by atoms with Crippen molar-refractivity contribution in [2.75, 3.05) is 0 Å². The molecule has 0 radical (unpaired) electrons. The van der Waals surface area contributed by atoms with Crippen molar-refractivity contribution in [1.82, 2.24) is 0 Å². The van der Waals surface area contributed by atoms with Gasteiger partial charge >= 0.3 is 0 Å². The second-order valence-corrected chi connectivity index (χ2v) is 0. The van der Waals surface area contributed by atoms with E-state index in [2.05, 4.69) is 0 Å². The Morgan fingerprint density at radius 2 is 0.286 bits per heavy atom. The average Bonchev–Trinajstić information content (AvgIpc) is 0. The molecule has 0 aromatic rings. The van der Waals surface area contributed by atoms with Gasteiger partial charge < -0.3 is 27.4 Å². The molecule has 0 unspecified atom stereocenters. The number of hydrogen-bond donors (Lipinski definition) is 0. The molecule has 0 saturated heterocycles. The number of hydrogen-bond acceptors (Lipinski definition) is 0. The van der Waals surface area contributed by atoms with Gasteiger partial charge in [0, 0.05) is 62.2 Å². The van der Waals surface area contributed by atoms with Gasteiger partial charge in [-0.1, -0.05) is 0 Å². The van der Waals surface area contributed by atoms with Gasteiger partial charge in [-0.05, 0) is 0 Å². The standard InChI is InChI=1S/5O.2U/q5*-2;;. The summed E-state index contributed by atoms with van der Waals surface area (Å²) in [5, 5.41) is 0. The van der Waals surface area contributed by atoms with E-state index in [1.165, 1.54) is 0 Å². The van der Waals surface area contributed by atoms with E-state index in [1.54, 1.807) is 0 Å². The van der Waals surface area contributed by atoms with E-state index >= 15 is 0 Å². The summed E-state index contributed by atoms with van der Waals surface area (Å²) < 4.78 is 0. The molecular formula is O5U2-10. The van der Waals surface area contributed by atoms with E-state index in [4.69, 9.17) is 0 Å². The van der Waals surface area contributed by atoms with Crippen LogP contribution in [0.1, 0.15) is 0 Å². The second-order valence-electron chi connectivity index (χ2n) is 0. The zero-order chi connectivity index (χ0) is 0. The van der Waals surface area contributed by atoms with Gasteiger partial charge in [-0.25, -0.2) is 0 Å². The Balaban J connectivity index is 0. The van der Waals surface area contributed by atoms with E-state index in [-0.39, 0.29) is 89.6 Å². The van der Waals surface area contributed by atoms with Crippen molar-refractivity contribution in [1.29, 1.82) is 0 Å². The molecule has 0 spiro atoms. The van der Waals surface area contributed by atoms with Crippen molar-refractivity contribution >= 4 is 0 Å². The summed E-state index contributed by atoms with van der Waals surface area (Å²) in [5.41, 5.74) is 0. The van der Waals surface area contributed by atoms with Crippen LogP contribution < -0.4 is 0 Å². The van der Waals surface area contributed by atoms with Gasteiger partial charge in [0.05, 0.1) is 0 Å². The topological polar surface area (TPSA) is 142 Å². The summed E-state index contributed by atoms with van der Waals surface area (Å²) in [6.07, 6.45) is 0. The third-order valence-electron chi connectivity index (χ3n) is 0. The van der Waals surface area contributed by atoms with Crippen LogP contribution in [0.25, 0.3) is 0 Å². The molecule has 0 aliphatic carbocycles. The van der Waals surface area contributed by atoms with E-state index < -0.39 is 0 Å². The van der Waals surface area contributed by atoms with Crippen LogP contribution in [0.15, 0.2) is 0 Å². The first-order chi connectivity index (χ1) is 0. The first-order valence-corrected chi connectivity index (χ1v) is 0. The molecule has 5 nitrogen and oxygen atoms in total. The summed E-state index contributed by atoms with van der Waals surface area (Å²) in [5.74, 6) is 0. The minimum atomic E-state index is 0. The molecule has 0 aromatic carbocycles. The van der Waals surface area contributed by atoms with Crippen molar-refractivity contribution in [2.24, 2.45) is 0 Å². The summed E-state index contributed by atoms with van der Waals surface area (Å²) in [7, 11) is 0. The maximum atomic E-state index is 0. The van der Waals surface area contributed by atoms with Gasteiger partial charge in [0.2, 0.25) is 0 Å². The smallest absolute Gasteiger partial charge is 0 e. The SMILES string of the molecule is [O-2].[O-2].[O-2].[O-2].[O-2].[U].[U]. The maximum Gasteiger partial charge on any atom is 0 e. The van der Waals surface area contributed by atoms with Crippen LogP contribution in [-0.4, -0.2) is 0 Å². The molecule has 0 N–H and O–H groups in total. The van der Waals surface area contributed by atoms with E-state index in [9.17, 15) is 0 Å². The fourth-order valence-electron chi connectivity index (χ4n) is 0. The first-order valence-electron chi connectivity index (χ1n) is 0. The van der Waals surface area contributed by atoms with Crippen LogP contribution in [-0.2, 0) is 27.4 Å². The first kappa shape index (κ1) is 153. The Kier molecular flexibility index (Phi) is 2280. The fourth-order valence-corrected chi connectivity index (χ4v) is 0. The van der Waals surface area contributed by atoms with Gasteiger partial charge in [0.1, 0.15) is 0 Å². The normalized spacial score (nSPS) is 0. The van der Waals surface area contributed by atoms with E-state index in [0.717, 1.165) is 0 Å². The molecule has 0 bridgehead atoms. The Bertz CT molecular complexity index is 6.04. The summed E-state index contributed by atoms with van der Waals surface area (Å²) in [6, 6.07) is 0. The molecule has 0 aliphatic heterocycles. The third kappa shape index (κ3) is 76.0. The van der Waals surface area contributed by atoms with Crippen molar-refractivity contribution in [2.45, 2.75) is 0 Å². The molecule has 0 rings (SSSR count). The predicted molar refractivity (Wildman–Crippen MR) is 3.43 cm³/mol. The summed E-state index contributed by atoms with van der Waals surface area (Å²) in [6.45, 7) is 0. The molecule has 48 valence electrons. The van der Waals surface area contributed by atoms with Crippen molar-refractivity contribution in [3.8, 4) is 0 Å². The van der Waals surface area contributed by atoms with Gasteiger partial charge in [-0.15, -0.1) is 0 Å². The molecule has 0 fully saturated rings. The zero-order valence-corrected chi connectivity index (χ0v) is 11.4. The molecule has 0 aromatic heterocycles. The predicted octanol–water partition coefficient (Wildman–Crippen LogP) is -0.594. The number of rotatable bonds is 0. The monoisotopic (exact) mass is 556 g/mol. The largest absolute Gasteiger partial charge is 2.00 e. The van der Waals surface area contributed by atoms with Crippen molar-refractivity contribution in [3.05, 3.63) is 0 Å². The fraction of sp³-hybridized carbons (Fsp3) is 0. The van der Waals surface area contributed by atoms with Crippen LogP contribution in [0, 0.1) is 62.2 Å². The average molecular weight is 556 g/mol. The Morgan fingerprint density at radius 3 is 0.286 bits per heavy atom. The van der Waals surface area contributed by atoms with E-state index in [0.29, 0.717) is 0 Å². The van der Waals surface area contributed by atoms with Gasteiger partial charge in [0.15, 0.2) is 0 Å². The minimum Gasteiger partial charge on any atom is -2.00 e. The van der Waals surface area contributed by atoms with E-state index in [1.807, 2.05) is 0 Å². The van der Waals surface area contributed by atoms with Crippen molar-refractivity contribution < 1.29 is 89.6 Å². The van der Waals surface area contributed by atoms with Crippen LogP contribution >= 0.6 is 0 Å². The Labute approximate surface area is 88.5 Å². The van der Waals surface area contributed by atoms with Gasteiger partial charge in [-0.3, -0.25) is 0 Å². The van der Waals surface area contributed by atoms with Gasteiger partial charge in [-0.2, -0.15) is 0 Å². The zero-order valence-electron chi connectivity index (χ0n) is 3.04. The van der Waals surface area contributed by atoms with Crippen LogP contribution in [0.4, 0.5) is 0 Å². The molecule has 0 amide bonds. The Hall–Kier alpha value is 1.90. The molecule has 7 heavy (non-hydrogen) atoms. The molecule has 0 heterocycles. The molecular weight excluding hydrogens is 556 g/mol. The third-order valence-corrected chi connectivity index (χ3v) is 0. The van der Waals surface area contributed by atoms with Crippen LogP contribution in [0.3, 0.4) is 0 Å². The van der Waals surface area contributed by atoms with Crippen LogP contribution in [0.5, 0.6) is 0 Å². The minimum absolute atomic E-state index is 0.